The van der Waals surface area contributed by atoms with Crippen LogP contribution in [0, 0.1) is 0 Å². The van der Waals surface area contributed by atoms with E-state index in [2.05, 4.69) is 0 Å². The van der Waals surface area contributed by atoms with Gasteiger partial charge in [0.1, 0.15) is 0 Å². The van der Waals surface area contributed by atoms with Crippen molar-refractivity contribution in [3.63, 3.8) is 0 Å². The molecule has 0 saturated heterocycles. The van der Waals surface area contributed by atoms with Gasteiger partial charge in [-0.2, -0.15) is 0 Å². The van der Waals surface area contributed by atoms with Crippen LogP contribution in [0.4, 0.5) is 0 Å². The van der Waals surface area contributed by atoms with Gasteiger partial charge < -0.3 is 11.0 Å². The van der Waals surface area contributed by atoms with Crippen molar-refractivity contribution in [3.05, 3.63) is 0 Å². The summed E-state index contributed by atoms with van der Waals surface area (Å²) in [6, 6.07) is 0. The van der Waals surface area contributed by atoms with Crippen molar-refractivity contribution in [2.75, 3.05) is 0 Å². The molecule has 5 heteroatoms. The molecule has 0 aliphatic rings. The molecule has 0 atom stereocenters. The van der Waals surface area contributed by atoms with Gasteiger partial charge in [0.25, 0.3) is 0 Å². The predicted molar refractivity (Wildman–Crippen MR) is 22.9 cm³/mol. The van der Waals surface area contributed by atoms with E-state index >= 15 is 0 Å². The Bertz CT molecular complexity index is 9.61. The van der Waals surface area contributed by atoms with Crippen molar-refractivity contribution in [1.82, 2.24) is 0 Å². The van der Waals surface area contributed by atoms with Crippen LogP contribution in [0.2, 0.25) is 0 Å². The Morgan fingerprint density at radius 2 is 0.800 bits per heavy atom. The Labute approximate surface area is 56.9 Å². The maximum Gasteiger partial charge on any atom is 0.187 e. The Morgan fingerprint density at radius 3 is 0.800 bits per heavy atom. The van der Waals surface area contributed by atoms with Crippen molar-refractivity contribution in [1.29, 1.82) is 0 Å². The van der Waals surface area contributed by atoms with Gasteiger partial charge in [-0.3, -0.25) is 0 Å². The first-order chi connectivity index (χ1) is 0. The topological polar surface area (TPSA) is 63.0 Å². The molecule has 0 fully saturated rings. The molecule has 0 unspecified atom stereocenters. The summed E-state index contributed by atoms with van der Waals surface area (Å²) in [4.78, 5) is 0. The molecule has 0 aliphatic heterocycles. The van der Waals surface area contributed by atoms with E-state index in [-0.39, 0.29) is 56.6 Å². The average Bonchev–Trinajstić information content (AvgIpc) is 0. The second kappa shape index (κ2) is 63.6. The van der Waals surface area contributed by atoms with E-state index in [0.717, 1.165) is 0 Å². The Balaban J connectivity index is 0. The van der Waals surface area contributed by atoms with Gasteiger partial charge in [-0.05, 0) is 0 Å². The van der Waals surface area contributed by atoms with Crippen LogP contribution in [-0.2, 0) is 17.4 Å². The molecular formula is H7AlCrO2Si. The van der Waals surface area contributed by atoms with E-state index in [1.54, 1.807) is 0 Å². The molecule has 4 N–H and O–H groups in total. The summed E-state index contributed by atoms with van der Waals surface area (Å²) in [6.45, 7) is 0. The zero-order valence-corrected chi connectivity index (χ0v) is 4.18. The van der Waals surface area contributed by atoms with Crippen molar-refractivity contribution >= 4 is 28.3 Å². The van der Waals surface area contributed by atoms with Crippen LogP contribution < -0.4 is 0 Å². The van der Waals surface area contributed by atoms with Crippen LogP contribution in [0.5, 0.6) is 0 Å². The van der Waals surface area contributed by atoms with Crippen LogP contribution in [0.15, 0.2) is 0 Å². The van der Waals surface area contributed by atoms with E-state index < -0.39 is 0 Å². The molecule has 0 saturated carbocycles. The average molecular weight is 146 g/mol. The van der Waals surface area contributed by atoms with E-state index in [1.165, 1.54) is 0 Å². The summed E-state index contributed by atoms with van der Waals surface area (Å²) in [5.74, 6) is 0. The minimum atomic E-state index is 0. The molecule has 0 aromatic rings. The van der Waals surface area contributed by atoms with Gasteiger partial charge in [-0.1, -0.05) is 0 Å². The molecule has 32 valence electrons. The quantitative estimate of drug-likeness (QED) is 0.323. The summed E-state index contributed by atoms with van der Waals surface area (Å²) < 4.78 is 0. The van der Waals surface area contributed by atoms with Gasteiger partial charge in [0.05, 0.1) is 0 Å². The molecule has 2 nitrogen and oxygen atoms in total. The molecule has 0 spiro atoms. The Hall–Kier alpha value is 1.20. The molecular weight excluding hydrogens is 139 g/mol. The minimum Gasteiger partial charge on any atom is -0.412 e. The second-order valence-corrected chi connectivity index (χ2v) is 0. The third-order valence-corrected chi connectivity index (χ3v) is 0. The molecule has 4 radical (unpaired) electrons. The Morgan fingerprint density at radius 1 is 0.800 bits per heavy atom. The minimum absolute atomic E-state index is 0. The first kappa shape index (κ1) is 116. The van der Waals surface area contributed by atoms with Crippen LogP contribution in [-0.4, -0.2) is 39.3 Å². The molecule has 0 aromatic heterocycles. The first-order valence-corrected chi connectivity index (χ1v) is 0. The SMILES string of the molecule is O.O.[AlH3].[Cr].[Si]. The third-order valence-electron chi connectivity index (χ3n) is 0. The number of hydrogen-bond donors (Lipinski definition) is 0. The Kier molecular flexibility index (Phi) is 1480. The van der Waals surface area contributed by atoms with E-state index in [4.69, 9.17) is 0 Å². The van der Waals surface area contributed by atoms with E-state index in [9.17, 15) is 0 Å². The zero-order chi connectivity index (χ0) is 0. The van der Waals surface area contributed by atoms with Gasteiger partial charge in [-0.25, -0.2) is 0 Å². The van der Waals surface area contributed by atoms with E-state index in [0.29, 0.717) is 0 Å². The van der Waals surface area contributed by atoms with Gasteiger partial charge in [0.15, 0.2) is 17.4 Å². The monoisotopic (exact) mass is 146 g/mol. The molecule has 0 bridgehead atoms. The summed E-state index contributed by atoms with van der Waals surface area (Å²) in [6.07, 6.45) is 0. The normalized spacial score (nSPS) is 0. The van der Waals surface area contributed by atoms with Gasteiger partial charge in [0, 0.05) is 28.3 Å². The van der Waals surface area contributed by atoms with Crippen LogP contribution >= 0.6 is 0 Å². The van der Waals surface area contributed by atoms with Gasteiger partial charge >= 0.3 is 0 Å². The van der Waals surface area contributed by atoms with Gasteiger partial charge in [-0.15, -0.1) is 0 Å². The first-order valence-electron chi connectivity index (χ1n) is 0. The fourth-order valence-corrected chi connectivity index (χ4v) is 0. The number of hydrogen-bond acceptors (Lipinski definition) is 0. The third kappa shape index (κ3) is 36.9. The van der Waals surface area contributed by atoms with Crippen LogP contribution in [0.25, 0.3) is 0 Å². The molecule has 0 rings (SSSR count). The van der Waals surface area contributed by atoms with Gasteiger partial charge in [0.2, 0.25) is 0 Å². The summed E-state index contributed by atoms with van der Waals surface area (Å²) in [7, 11) is 0. The summed E-state index contributed by atoms with van der Waals surface area (Å²) >= 11 is 0. The van der Waals surface area contributed by atoms with Crippen molar-refractivity contribution < 1.29 is 28.3 Å². The molecule has 0 aromatic carbocycles. The van der Waals surface area contributed by atoms with Crippen LogP contribution in [0.1, 0.15) is 0 Å². The fraction of sp³-hybridized carbons (Fsp3) is 0. The molecule has 0 amide bonds. The standard InChI is InChI=1S/Al.Cr.2H2O.Si.3H/h;;2*1H2;;;;. The van der Waals surface area contributed by atoms with Crippen molar-refractivity contribution in [3.8, 4) is 0 Å². The predicted octanol–water partition coefficient (Wildman–Crippen LogP) is -3.22. The fourth-order valence-electron chi connectivity index (χ4n) is 0. The maximum absolute atomic E-state index is 0. The molecule has 5 heavy (non-hydrogen) atoms. The largest absolute Gasteiger partial charge is 0.412 e. The summed E-state index contributed by atoms with van der Waals surface area (Å²) in [5, 5.41) is 0. The second-order valence-electron chi connectivity index (χ2n) is 0. The van der Waals surface area contributed by atoms with Crippen molar-refractivity contribution in [2.24, 2.45) is 0 Å². The summed E-state index contributed by atoms with van der Waals surface area (Å²) in [5.41, 5.74) is 0. The zero-order valence-electron chi connectivity index (χ0n) is 1.91. The molecule has 0 heterocycles. The van der Waals surface area contributed by atoms with E-state index in [1.807, 2.05) is 0 Å². The maximum atomic E-state index is 0. The smallest absolute Gasteiger partial charge is 0.187 e. The molecule has 0 aliphatic carbocycles. The number of rotatable bonds is 0. The van der Waals surface area contributed by atoms with Crippen LogP contribution in [0.3, 0.4) is 0 Å². The van der Waals surface area contributed by atoms with Crippen molar-refractivity contribution in [2.45, 2.75) is 0 Å².